The lowest BCUT2D eigenvalue weighted by atomic mass is 10.1. The van der Waals surface area contributed by atoms with Crippen LogP contribution in [0.25, 0.3) is 10.9 Å². The zero-order valence-corrected chi connectivity index (χ0v) is 30.3. The van der Waals surface area contributed by atoms with Gasteiger partial charge in [0.25, 0.3) is 5.91 Å². The van der Waals surface area contributed by atoms with Crippen molar-refractivity contribution in [2.45, 2.75) is 43.7 Å². The Balaban J connectivity index is 0.00000325. The van der Waals surface area contributed by atoms with Crippen LogP contribution < -0.4 is 21.1 Å². The van der Waals surface area contributed by atoms with E-state index >= 15 is 0 Å². The van der Waals surface area contributed by atoms with E-state index in [1.54, 1.807) is 30.3 Å². The van der Waals surface area contributed by atoms with E-state index in [4.69, 9.17) is 39.1 Å². The number of carbonyl (C=O) groups excluding carboxylic acids is 2. The van der Waals surface area contributed by atoms with E-state index in [0.29, 0.717) is 53.8 Å². The number of sulfonamides is 1. The molecule has 11 nitrogen and oxygen atoms in total. The van der Waals surface area contributed by atoms with E-state index in [0.717, 1.165) is 11.1 Å². The molecule has 0 unspecified atom stereocenters. The van der Waals surface area contributed by atoms with Crippen LogP contribution in [0.15, 0.2) is 71.6 Å². The molecule has 1 atom stereocenters. The van der Waals surface area contributed by atoms with E-state index in [-0.39, 0.29) is 71.2 Å². The molecule has 1 aromatic heterocycles. The highest BCUT2D eigenvalue weighted by molar-refractivity contribution is 7.89. The second-order valence-corrected chi connectivity index (χ2v) is 13.7. The summed E-state index contributed by atoms with van der Waals surface area (Å²) in [5, 5.41) is 14.1. The molecule has 0 radical (unpaired) electrons. The number of para-hydroxylation sites is 1. The summed E-state index contributed by atoms with van der Waals surface area (Å²) < 4.78 is 35.0. The van der Waals surface area contributed by atoms with E-state index in [1.807, 2.05) is 31.2 Å². The normalized spacial score (nSPS) is 14.4. The number of ether oxygens (including phenoxy) is 1. The maximum atomic E-state index is 13.9. The molecular weight excluding hydrogens is 734 g/mol. The van der Waals surface area contributed by atoms with Crippen molar-refractivity contribution in [3.63, 3.8) is 0 Å². The third-order valence-corrected chi connectivity index (χ3v) is 10.7. The van der Waals surface area contributed by atoms with Crippen molar-refractivity contribution in [1.82, 2.24) is 19.9 Å². The lowest BCUT2D eigenvalue weighted by molar-refractivity contribution is -0.124. The van der Waals surface area contributed by atoms with E-state index in [2.05, 4.69) is 15.6 Å². The number of amidine groups is 1. The second kappa shape index (κ2) is 17.3. The molecule has 0 aliphatic carbocycles. The van der Waals surface area contributed by atoms with Crippen LogP contribution in [0.4, 0.5) is 0 Å². The molecule has 3 aromatic carbocycles. The molecule has 0 bridgehead atoms. The summed E-state index contributed by atoms with van der Waals surface area (Å²) in [5.74, 6) is -0.305. The number of nitrogens with two attached hydrogens (primary N) is 1. The third kappa shape index (κ3) is 9.13. The average molecular weight is 771 g/mol. The zero-order chi connectivity index (χ0) is 33.7. The van der Waals surface area contributed by atoms with Crippen LogP contribution in [-0.2, 0) is 21.4 Å². The van der Waals surface area contributed by atoms with Crippen molar-refractivity contribution < 1.29 is 22.7 Å². The van der Waals surface area contributed by atoms with Crippen LogP contribution in [-0.4, -0.2) is 61.0 Å². The molecule has 262 valence electrons. The first-order valence-electron chi connectivity index (χ1n) is 15.0. The smallest absolute Gasteiger partial charge is 0.251 e. The zero-order valence-electron chi connectivity index (χ0n) is 26.4. The van der Waals surface area contributed by atoms with E-state index in [9.17, 15) is 18.0 Å². The first kappa shape index (κ1) is 39.8. The summed E-state index contributed by atoms with van der Waals surface area (Å²) in [4.78, 5) is 29.9. The van der Waals surface area contributed by atoms with Crippen molar-refractivity contribution in [3.8, 4) is 5.75 Å². The number of nitrogens with zero attached hydrogens (tertiary/aromatic N) is 2. The third-order valence-electron chi connectivity index (χ3n) is 7.83. The molecule has 0 saturated carbocycles. The van der Waals surface area contributed by atoms with Gasteiger partial charge in [-0.15, -0.1) is 24.8 Å². The molecule has 49 heavy (non-hydrogen) atoms. The van der Waals surface area contributed by atoms with Gasteiger partial charge in [0.15, 0.2) is 0 Å². The predicted molar refractivity (Wildman–Crippen MR) is 196 cm³/mol. The van der Waals surface area contributed by atoms with Gasteiger partial charge in [-0.05, 0) is 62.6 Å². The number of fused-ring (bicyclic) bond motifs is 1. The van der Waals surface area contributed by atoms with Gasteiger partial charge in [0.05, 0.1) is 5.02 Å². The molecule has 1 fully saturated rings. The fourth-order valence-corrected chi connectivity index (χ4v) is 7.85. The number of hydrogen-bond donors (Lipinski definition) is 4. The number of aromatic nitrogens is 1. The number of aryl methyl sites for hydroxylation is 1. The van der Waals surface area contributed by atoms with Crippen LogP contribution >= 0.6 is 48.0 Å². The van der Waals surface area contributed by atoms with Gasteiger partial charge in [0.2, 0.25) is 15.9 Å². The number of rotatable bonds is 12. The summed E-state index contributed by atoms with van der Waals surface area (Å²) in [6, 6.07) is 17.6. The van der Waals surface area contributed by atoms with Gasteiger partial charge in [0.1, 0.15) is 34.6 Å². The minimum absolute atomic E-state index is 0. The molecule has 2 heterocycles. The number of nitrogen functional groups attached to an aromatic ring is 1. The van der Waals surface area contributed by atoms with Gasteiger partial charge in [-0.25, -0.2) is 13.4 Å². The summed E-state index contributed by atoms with van der Waals surface area (Å²) >= 11 is 13.2. The van der Waals surface area contributed by atoms with Crippen molar-refractivity contribution in [2.24, 2.45) is 5.73 Å². The highest BCUT2D eigenvalue weighted by Crippen LogP contribution is 2.36. The number of hydrogen-bond acceptors (Lipinski definition) is 7. The molecule has 1 saturated heterocycles. The molecule has 5 N–H and O–H groups in total. The number of amides is 2. The van der Waals surface area contributed by atoms with E-state index < -0.39 is 22.0 Å². The van der Waals surface area contributed by atoms with Gasteiger partial charge in [-0.1, -0.05) is 53.5 Å². The van der Waals surface area contributed by atoms with Gasteiger partial charge in [-0.2, -0.15) is 4.31 Å². The Morgan fingerprint density at radius 3 is 2.41 bits per heavy atom. The van der Waals surface area contributed by atoms with Crippen LogP contribution in [0.1, 0.15) is 46.4 Å². The maximum absolute atomic E-state index is 13.9. The topological polar surface area (TPSA) is 168 Å². The Hall–Kier alpha value is -3.65. The lowest BCUT2D eigenvalue weighted by Gasteiger charge is -2.24. The number of pyridine rings is 1. The number of nitrogens with one attached hydrogen (secondary N) is 3. The first-order valence-corrected chi connectivity index (χ1v) is 17.1. The number of benzene rings is 3. The maximum Gasteiger partial charge on any atom is 0.251 e. The molecular formula is C33H36Cl4N6O5S. The quantitative estimate of drug-likeness (QED) is 0.0821. The number of carbonyl (C=O) groups is 2. The molecule has 0 spiro atoms. The van der Waals surface area contributed by atoms with Gasteiger partial charge >= 0.3 is 0 Å². The van der Waals surface area contributed by atoms with Crippen LogP contribution in [0, 0.1) is 12.3 Å². The van der Waals surface area contributed by atoms with Gasteiger partial charge in [0, 0.05) is 52.4 Å². The molecule has 16 heteroatoms. The van der Waals surface area contributed by atoms with Crippen molar-refractivity contribution in [1.29, 1.82) is 5.41 Å². The molecule has 1 aliphatic heterocycles. The fraction of sp³-hybridized carbons (Fsp3) is 0.273. The van der Waals surface area contributed by atoms with Crippen molar-refractivity contribution in [2.75, 3.05) is 19.6 Å². The van der Waals surface area contributed by atoms with Crippen molar-refractivity contribution in [3.05, 3.63) is 99.2 Å². The Labute approximate surface area is 307 Å². The largest absolute Gasteiger partial charge is 0.487 e. The SMILES string of the molecule is Cc1ccc2cccc(OCc3c(Cl)ccc(S(=O)(=O)N4CCC[C@H]4C(=O)NCCCNC(=O)c4ccc(C(=N)N)cc4)c3Cl)c2n1.Cl.Cl. The lowest BCUT2D eigenvalue weighted by Crippen LogP contribution is -2.46. The van der Waals surface area contributed by atoms with Crippen LogP contribution in [0.2, 0.25) is 10.0 Å². The summed E-state index contributed by atoms with van der Waals surface area (Å²) in [5.41, 5.74) is 8.17. The predicted octanol–water partition coefficient (Wildman–Crippen LogP) is 5.65. The fourth-order valence-electron chi connectivity index (χ4n) is 5.33. The molecule has 2 amide bonds. The minimum atomic E-state index is -4.18. The molecule has 5 rings (SSSR count). The van der Waals surface area contributed by atoms with Gasteiger partial charge in [-0.3, -0.25) is 15.0 Å². The Morgan fingerprint density at radius 1 is 1.00 bits per heavy atom. The Kier molecular flexibility index (Phi) is 14.1. The van der Waals surface area contributed by atoms with Crippen LogP contribution in [0.3, 0.4) is 0 Å². The highest BCUT2D eigenvalue weighted by Gasteiger charge is 2.40. The van der Waals surface area contributed by atoms with Gasteiger partial charge < -0.3 is 21.1 Å². The molecule has 4 aromatic rings. The van der Waals surface area contributed by atoms with E-state index in [1.165, 1.54) is 16.4 Å². The van der Waals surface area contributed by atoms with Crippen LogP contribution in [0.5, 0.6) is 5.75 Å². The Bertz CT molecular complexity index is 1950. The standard InChI is InChI=1S/C33H34Cl2N6O5S.2ClH/c1-20-8-9-21-5-2-7-27(30(21)40-20)46-19-24-25(34)14-15-28(29(24)35)47(44,45)41-18-3-6-26(41)33(43)39-17-4-16-38-32(42)23-12-10-22(11-13-23)31(36)37;;/h2,5,7-15,26H,3-4,6,16-19H2,1H3,(H3,36,37)(H,38,42)(H,39,43);2*1H/t26-;;/m0../s1. The first-order chi connectivity index (χ1) is 22.5. The summed E-state index contributed by atoms with van der Waals surface area (Å²) in [6.45, 7) is 2.47. The summed E-state index contributed by atoms with van der Waals surface area (Å²) in [7, 11) is -4.18. The highest BCUT2D eigenvalue weighted by atomic mass is 35.5. The molecule has 1 aliphatic rings. The monoisotopic (exact) mass is 768 g/mol. The number of halogens is 4. The second-order valence-electron chi connectivity index (χ2n) is 11.1. The average Bonchev–Trinajstić information content (AvgIpc) is 3.56. The summed E-state index contributed by atoms with van der Waals surface area (Å²) in [6.07, 6.45) is 1.29. The minimum Gasteiger partial charge on any atom is -0.487 e. The Morgan fingerprint density at radius 2 is 1.69 bits per heavy atom. The van der Waals surface area contributed by atoms with Crippen molar-refractivity contribution >= 4 is 86.6 Å².